The van der Waals surface area contributed by atoms with Crippen LogP contribution in [0.4, 0.5) is 0 Å². The number of quaternary nitrogens is 1. The molecule has 2 rings (SSSR count). The predicted octanol–water partition coefficient (Wildman–Crippen LogP) is 2.70. The normalized spacial score (nSPS) is 12.6. The third-order valence-corrected chi connectivity index (χ3v) is 3.10. The summed E-state index contributed by atoms with van der Waals surface area (Å²) in [7, 11) is 0. The Kier molecular flexibility index (Phi) is 4.88. The van der Waals surface area contributed by atoms with Crippen LogP contribution in [0.15, 0.2) is 34.7 Å². The Labute approximate surface area is 122 Å². The van der Waals surface area contributed by atoms with Crippen LogP contribution in [0.3, 0.4) is 0 Å². The molecule has 1 atom stereocenters. The fourth-order valence-electron chi connectivity index (χ4n) is 1.81. The molecule has 5 heteroatoms. The maximum absolute atomic E-state index is 9.18. The van der Waals surface area contributed by atoms with Crippen molar-refractivity contribution in [2.45, 2.75) is 19.6 Å². The lowest BCUT2D eigenvalue weighted by Gasteiger charge is -2.02. The van der Waals surface area contributed by atoms with Gasteiger partial charge in [0.05, 0.1) is 6.10 Å². The van der Waals surface area contributed by atoms with E-state index >= 15 is 0 Å². The maximum Gasteiger partial charge on any atom is 0.158 e. The Morgan fingerprint density at radius 3 is 2.53 bits per heavy atom. The zero-order chi connectivity index (χ0) is 13.8. The molecule has 0 spiro atoms. The first kappa shape index (κ1) is 14.4. The van der Waals surface area contributed by atoms with Crippen LogP contribution in [0.25, 0.3) is 11.3 Å². The molecule has 0 aliphatic rings. The van der Waals surface area contributed by atoms with Gasteiger partial charge in [-0.3, -0.25) is 0 Å². The molecule has 0 aliphatic carbocycles. The number of furan rings is 1. The van der Waals surface area contributed by atoms with Gasteiger partial charge < -0.3 is 14.8 Å². The molecule has 1 aromatic carbocycles. The van der Waals surface area contributed by atoms with Gasteiger partial charge in [-0.25, -0.2) is 0 Å². The second-order valence-corrected chi connectivity index (χ2v) is 5.37. The number of benzene rings is 1. The molecule has 0 radical (unpaired) electrons. The number of nitrogens with two attached hydrogens (primary N) is 1. The number of aliphatic hydroxyl groups excluding tert-OH is 1. The van der Waals surface area contributed by atoms with E-state index in [1.165, 1.54) is 0 Å². The van der Waals surface area contributed by atoms with Crippen molar-refractivity contribution in [3.8, 4) is 11.3 Å². The fraction of sp³-hybridized carbons (Fsp3) is 0.286. The molecule has 3 N–H and O–H groups in total. The van der Waals surface area contributed by atoms with Crippen LogP contribution >= 0.6 is 23.2 Å². The van der Waals surface area contributed by atoms with E-state index in [4.69, 9.17) is 27.6 Å². The zero-order valence-corrected chi connectivity index (χ0v) is 12.1. The molecule has 1 heterocycles. The van der Waals surface area contributed by atoms with Crippen LogP contribution < -0.4 is 5.32 Å². The first-order valence-corrected chi connectivity index (χ1v) is 6.85. The van der Waals surface area contributed by atoms with Crippen LogP contribution in [0, 0.1) is 0 Å². The average Bonchev–Trinajstić information content (AvgIpc) is 2.76. The molecular weight excluding hydrogens is 285 g/mol. The number of hydrogen-bond donors (Lipinski definition) is 2. The van der Waals surface area contributed by atoms with Crippen LogP contribution in [0.5, 0.6) is 0 Å². The number of rotatable bonds is 5. The zero-order valence-electron chi connectivity index (χ0n) is 10.6. The van der Waals surface area contributed by atoms with Crippen molar-refractivity contribution >= 4 is 23.2 Å². The molecule has 102 valence electrons. The Morgan fingerprint density at radius 2 is 1.89 bits per heavy atom. The summed E-state index contributed by atoms with van der Waals surface area (Å²) in [5.74, 6) is 1.59. The lowest BCUT2D eigenvalue weighted by molar-refractivity contribution is -0.677. The molecule has 0 amide bonds. The van der Waals surface area contributed by atoms with E-state index in [0.717, 1.165) is 17.1 Å². The van der Waals surface area contributed by atoms with Gasteiger partial charge in [-0.15, -0.1) is 0 Å². The molecule has 0 unspecified atom stereocenters. The maximum atomic E-state index is 9.18. The summed E-state index contributed by atoms with van der Waals surface area (Å²) >= 11 is 11.9. The van der Waals surface area contributed by atoms with Gasteiger partial charge in [-0.2, -0.15) is 0 Å². The Bertz CT molecular complexity index is 532. The summed E-state index contributed by atoms with van der Waals surface area (Å²) in [6.45, 7) is 3.11. The lowest BCUT2D eigenvalue weighted by atomic mass is 10.2. The second kappa shape index (κ2) is 6.44. The molecule has 0 saturated heterocycles. The largest absolute Gasteiger partial charge is 0.455 e. The summed E-state index contributed by atoms with van der Waals surface area (Å²) in [5, 5.41) is 12.4. The summed E-state index contributed by atoms with van der Waals surface area (Å²) in [5.41, 5.74) is 0.860. The molecule has 0 aliphatic heterocycles. The van der Waals surface area contributed by atoms with Crippen molar-refractivity contribution in [2.75, 3.05) is 6.54 Å². The van der Waals surface area contributed by atoms with Crippen molar-refractivity contribution < 1.29 is 14.8 Å². The van der Waals surface area contributed by atoms with Crippen LogP contribution in [-0.4, -0.2) is 17.8 Å². The SMILES string of the molecule is C[C@H](O)C[NH2+]Cc1ccc(-c2cc(Cl)cc(Cl)c2)o1. The topological polar surface area (TPSA) is 50.0 Å². The molecule has 2 aromatic rings. The van der Waals surface area contributed by atoms with E-state index in [1.807, 2.05) is 29.6 Å². The van der Waals surface area contributed by atoms with Crippen molar-refractivity contribution in [3.63, 3.8) is 0 Å². The number of halogens is 2. The van der Waals surface area contributed by atoms with Crippen molar-refractivity contribution in [1.82, 2.24) is 0 Å². The van der Waals surface area contributed by atoms with Crippen LogP contribution in [0.1, 0.15) is 12.7 Å². The van der Waals surface area contributed by atoms with Gasteiger partial charge in [0.1, 0.15) is 18.8 Å². The van der Waals surface area contributed by atoms with Gasteiger partial charge in [0.25, 0.3) is 0 Å². The van der Waals surface area contributed by atoms with Crippen LogP contribution in [0.2, 0.25) is 10.0 Å². The van der Waals surface area contributed by atoms with Gasteiger partial charge in [0.2, 0.25) is 0 Å². The molecule has 0 saturated carbocycles. The highest BCUT2D eigenvalue weighted by molar-refractivity contribution is 6.35. The van der Waals surface area contributed by atoms with E-state index < -0.39 is 0 Å². The summed E-state index contributed by atoms with van der Waals surface area (Å²) in [6, 6.07) is 9.13. The Morgan fingerprint density at radius 1 is 1.21 bits per heavy atom. The van der Waals surface area contributed by atoms with Gasteiger partial charge in [0.15, 0.2) is 5.76 Å². The molecule has 1 aromatic heterocycles. The highest BCUT2D eigenvalue weighted by atomic mass is 35.5. The van der Waals surface area contributed by atoms with E-state index in [-0.39, 0.29) is 6.10 Å². The van der Waals surface area contributed by atoms with Gasteiger partial charge in [-0.05, 0) is 37.3 Å². The second-order valence-electron chi connectivity index (χ2n) is 4.50. The minimum atomic E-state index is -0.318. The van der Waals surface area contributed by atoms with Crippen molar-refractivity contribution in [3.05, 3.63) is 46.1 Å². The van der Waals surface area contributed by atoms with E-state index in [1.54, 1.807) is 13.0 Å². The first-order chi connectivity index (χ1) is 9.04. The molecule has 3 nitrogen and oxygen atoms in total. The third-order valence-electron chi connectivity index (χ3n) is 2.66. The minimum Gasteiger partial charge on any atom is -0.455 e. The van der Waals surface area contributed by atoms with E-state index in [0.29, 0.717) is 23.1 Å². The van der Waals surface area contributed by atoms with E-state index in [9.17, 15) is 5.11 Å². The fourth-order valence-corrected chi connectivity index (χ4v) is 2.33. The van der Waals surface area contributed by atoms with Gasteiger partial charge >= 0.3 is 0 Å². The Hall–Kier alpha value is -1.00. The molecular formula is C14H16Cl2NO2+. The lowest BCUT2D eigenvalue weighted by Crippen LogP contribution is -2.84. The van der Waals surface area contributed by atoms with Gasteiger partial charge in [-0.1, -0.05) is 23.2 Å². The summed E-state index contributed by atoms with van der Waals surface area (Å²) in [6.07, 6.45) is -0.318. The Balaban J connectivity index is 2.07. The van der Waals surface area contributed by atoms with Crippen molar-refractivity contribution in [1.29, 1.82) is 0 Å². The quantitative estimate of drug-likeness (QED) is 0.892. The first-order valence-electron chi connectivity index (χ1n) is 6.09. The monoisotopic (exact) mass is 300 g/mol. The third kappa shape index (κ3) is 4.25. The average molecular weight is 301 g/mol. The predicted molar refractivity (Wildman–Crippen MR) is 76.3 cm³/mol. The molecule has 0 bridgehead atoms. The number of hydrogen-bond acceptors (Lipinski definition) is 2. The number of aliphatic hydroxyl groups is 1. The standard InChI is InChI=1S/C14H15Cl2NO2/c1-9(18)7-17-8-13-2-3-14(19-13)10-4-11(15)6-12(16)5-10/h2-6,9,17-18H,7-8H2,1H3/p+1/t9-/m0/s1. The highest BCUT2D eigenvalue weighted by Crippen LogP contribution is 2.28. The van der Waals surface area contributed by atoms with Crippen molar-refractivity contribution in [2.24, 2.45) is 0 Å². The molecule has 19 heavy (non-hydrogen) atoms. The molecule has 0 fully saturated rings. The smallest absolute Gasteiger partial charge is 0.158 e. The van der Waals surface area contributed by atoms with Crippen LogP contribution in [-0.2, 0) is 6.54 Å². The van der Waals surface area contributed by atoms with Gasteiger partial charge in [0, 0.05) is 15.6 Å². The highest BCUT2D eigenvalue weighted by Gasteiger charge is 2.08. The summed E-state index contributed by atoms with van der Waals surface area (Å²) < 4.78 is 5.73. The minimum absolute atomic E-state index is 0.318. The van der Waals surface area contributed by atoms with E-state index in [2.05, 4.69) is 0 Å². The summed E-state index contributed by atoms with van der Waals surface area (Å²) in [4.78, 5) is 0.